The topological polar surface area (TPSA) is 80.7 Å². The van der Waals surface area contributed by atoms with E-state index < -0.39 is 0 Å². The number of nitrogens with zero attached hydrogens (tertiary/aromatic N) is 2. The van der Waals surface area contributed by atoms with Crippen molar-refractivity contribution in [1.29, 1.82) is 0 Å². The number of carbonyl (C=O) groups excluding carboxylic acids is 1. The lowest BCUT2D eigenvalue weighted by molar-refractivity contribution is 0.0914. The quantitative estimate of drug-likeness (QED) is 0.578. The largest absolute Gasteiger partial charge is 0.489 e. The van der Waals surface area contributed by atoms with Gasteiger partial charge in [-0.05, 0) is 76.2 Å². The molecule has 31 heavy (non-hydrogen) atoms. The standard InChI is InChI=1S/C24H29N3O4/c1-17-21(18(2)31-26-17)16-30-20-10-8-19(9-11-20)24(28)25-15-22(23-7-6-14-29-23)27-12-4-3-5-13-27/h6-11,14,22H,3-5,12-13,15-16H2,1-2H3,(H,25,28)/t22-/m1/s1. The van der Waals surface area contributed by atoms with Crippen molar-refractivity contribution >= 4 is 5.91 Å². The zero-order valence-electron chi connectivity index (χ0n) is 18.1. The smallest absolute Gasteiger partial charge is 0.251 e. The fraction of sp³-hybridized carbons (Fsp3) is 0.417. The van der Waals surface area contributed by atoms with Gasteiger partial charge in [-0.15, -0.1) is 0 Å². The third-order valence-corrected chi connectivity index (χ3v) is 5.84. The monoisotopic (exact) mass is 423 g/mol. The first-order valence-electron chi connectivity index (χ1n) is 10.8. The van der Waals surface area contributed by atoms with Gasteiger partial charge in [-0.25, -0.2) is 0 Å². The first-order chi connectivity index (χ1) is 15.1. The summed E-state index contributed by atoms with van der Waals surface area (Å²) in [6, 6.07) is 11.1. The molecule has 1 amide bonds. The van der Waals surface area contributed by atoms with Crippen molar-refractivity contribution in [3.8, 4) is 5.75 Å². The van der Waals surface area contributed by atoms with Gasteiger partial charge in [0.1, 0.15) is 23.9 Å². The van der Waals surface area contributed by atoms with Crippen molar-refractivity contribution in [1.82, 2.24) is 15.4 Å². The molecule has 0 bridgehead atoms. The molecule has 164 valence electrons. The Balaban J connectivity index is 1.34. The molecule has 1 saturated heterocycles. The summed E-state index contributed by atoms with van der Waals surface area (Å²) in [5, 5.41) is 7.01. The van der Waals surface area contributed by atoms with Gasteiger partial charge >= 0.3 is 0 Å². The molecule has 1 aromatic carbocycles. The van der Waals surface area contributed by atoms with E-state index in [1.807, 2.05) is 38.1 Å². The van der Waals surface area contributed by atoms with Gasteiger partial charge in [0.25, 0.3) is 5.91 Å². The number of piperidine rings is 1. The van der Waals surface area contributed by atoms with Gasteiger partial charge in [-0.2, -0.15) is 0 Å². The van der Waals surface area contributed by atoms with Gasteiger partial charge in [0.15, 0.2) is 0 Å². The lowest BCUT2D eigenvalue weighted by Gasteiger charge is -2.33. The highest BCUT2D eigenvalue weighted by atomic mass is 16.5. The van der Waals surface area contributed by atoms with Crippen LogP contribution in [0.1, 0.15) is 58.4 Å². The van der Waals surface area contributed by atoms with Gasteiger partial charge in [0.2, 0.25) is 0 Å². The number of nitrogens with one attached hydrogen (secondary N) is 1. The van der Waals surface area contributed by atoms with Crippen LogP contribution >= 0.6 is 0 Å². The van der Waals surface area contributed by atoms with E-state index in [4.69, 9.17) is 13.7 Å². The zero-order chi connectivity index (χ0) is 21.6. The van der Waals surface area contributed by atoms with Crippen LogP contribution in [0.25, 0.3) is 0 Å². The van der Waals surface area contributed by atoms with E-state index in [2.05, 4.69) is 15.4 Å². The summed E-state index contributed by atoms with van der Waals surface area (Å²) in [5.41, 5.74) is 2.37. The van der Waals surface area contributed by atoms with Crippen LogP contribution in [0.2, 0.25) is 0 Å². The van der Waals surface area contributed by atoms with Gasteiger partial charge in [-0.3, -0.25) is 9.69 Å². The van der Waals surface area contributed by atoms with Crippen molar-refractivity contribution in [2.24, 2.45) is 0 Å². The second-order valence-electron chi connectivity index (χ2n) is 7.95. The van der Waals surface area contributed by atoms with Crippen LogP contribution in [0, 0.1) is 13.8 Å². The minimum absolute atomic E-state index is 0.0527. The highest BCUT2D eigenvalue weighted by Gasteiger charge is 2.25. The van der Waals surface area contributed by atoms with Crippen molar-refractivity contribution < 1.29 is 18.5 Å². The maximum atomic E-state index is 12.7. The Kier molecular flexibility index (Phi) is 6.72. The number of aromatic nitrogens is 1. The SMILES string of the molecule is Cc1noc(C)c1COc1ccc(C(=O)NC[C@H](c2ccco2)N2CCCCC2)cc1. The summed E-state index contributed by atoms with van der Waals surface area (Å²) >= 11 is 0. The van der Waals surface area contributed by atoms with E-state index in [1.165, 1.54) is 19.3 Å². The van der Waals surface area contributed by atoms with E-state index >= 15 is 0 Å². The molecular weight excluding hydrogens is 394 g/mol. The van der Waals surface area contributed by atoms with Crippen molar-refractivity contribution in [3.63, 3.8) is 0 Å². The summed E-state index contributed by atoms with van der Waals surface area (Å²) in [5.74, 6) is 2.24. The molecule has 1 atom stereocenters. The number of likely N-dealkylation sites (tertiary alicyclic amines) is 1. The molecule has 1 fully saturated rings. The Labute approximate surface area is 182 Å². The minimum Gasteiger partial charge on any atom is -0.489 e. The van der Waals surface area contributed by atoms with Gasteiger partial charge in [-0.1, -0.05) is 11.6 Å². The van der Waals surface area contributed by atoms with Gasteiger partial charge in [0, 0.05) is 12.1 Å². The predicted octanol–water partition coefficient (Wildman–Crippen LogP) is 4.42. The third kappa shape index (κ3) is 5.17. The number of rotatable bonds is 8. The van der Waals surface area contributed by atoms with Crippen LogP contribution in [-0.4, -0.2) is 35.6 Å². The molecule has 7 heteroatoms. The summed E-state index contributed by atoms with van der Waals surface area (Å²) in [7, 11) is 0. The van der Waals surface area contributed by atoms with Gasteiger partial charge in [0.05, 0.1) is 23.6 Å². The van der Waals surface area contributed by atoms with E-state index in [9.17, 15) is 4.79 Å². The van der Waals surface area contributed by atoms with Crippen LogP contribution in [0.3, 0.4) is 0 Å². The molecule has 0 radical (unpaired) electrons. The molecule has 1 N–H and O–H groups in total. The summed E-state index contributed by atoms with van der Waals surface area (Å²) in [6.07, 6.45) is 5.31. The Bertz CT molecular complexity index is 953. The Hall–Kier alpha value is -3.06. The Morgan fingerprint density at radius 2 is 1.94 bits per heavy atom. The summed E-state index contributed by atoms with van der Waals surface area (Å²) in [6.45, 7) is 6.70. The second kappa shape index (κ2) is 9.83. The highest BCUT2D eigenvalue weighted by Crippen LogP contribution is 2.25. The van der Waals surface area contributed by atoms with E-state index in [0.717, 1.165) is 35.9 Å². The number of carbonyl (C=O) groups is 1. The summed E-state index contributed by atoms with van der Waals surface area (Å²) < 4.78 is 16.6. The molecule has 0 spiro atoms. The Morgan fingerprint density at radius 1 is 1.16 bits per heavy atom. The maximum absolute atomic E-state index is 12.7. The summed E-state index contributed by atoms with van der Waals surface area (Å²) in [4.78, 5) is 15.1. The van der Waals surface area contributed by atoms with Crippen LogP contribution in [0.4, 0.5) is 0 Å². The normalized spacial score (nSPS) is 15.5. The average Bonchev–Trinajstić information content (AvgIpc) is 3.44. The molecule has 0 saturated carbocycles. The molecule has 1 aliphatic heterocycles. The molecule has 2 aromatic heterocycles. The molecule has 7 nitrogen and oxygen atoms in total. The molecule has 1 aliphatic rings. The number of hydrogen-bond donors (Lipinski definition) is 1. The fourth-order valence-corrected chi connectivity index (χ4v) is 3.98. The molecule has 3 heterocycles. The van der Waals surface area contributed by atoms with Crippen LogP contribution in [-0.2, 0) is 6.61 Å². The van der Waals surface area contributed by atoms with E-state index in [-0.39, 0.29) is 11.9 Å². The fourth-order valence-electron chi connectivity index (χ4n) is 3.98. The van der Waals surface area contributed by atoms with Crippen molar-refractivity contribution in [3.05, 3.63) is 71.0 Å². The van der Waals surface area contributed by atoms with Crippen molar-refractivity contribution in [2.75, 3.05) is 19.6 Å². The lowest BCUT2D eigenvalue weighted by Crippen LogP contribution is -2.40. The number of benzene rings is 1. The maximum Gasteiger partial charge on any atom is 0.251 e. The van der Waals surface area contributed by atoms with E-state index in [1.54, 1.807) is 18.4 Å². The third-order valence-electron chi connectivity index (χ3n) is 5.84. The molecule has 0 unspecified atom stereocenters. The molecule has 4 rings (SSSR count). The molecule has 3 aromatic rings. The molecule has 0 aliphatic carbocycles. The van der Waals surface area contributed by atoms with Gasteiger partial charge < -0.3 is 19.0 Å². The van der Waals surface area contributed by atoms with Crippen LogP contribution in [0.5, 0.6) is 5.75 Å². The van der Waals surface area contributed by atoms with Crippen LogP contribution < -0.4 is 10.1 Å². The van der Waals surface area contributed by atoms with E-state index in [0.29, 0.717) is 24.5 Å². The average molecular weight is 424 g/mol. The number of aryl methyl sites for hydroxylation is 2. The highest BCUT2D eigenvalue weighted by molar-refractivity contribution is 5.94. The first kappa shape index (κ1) is 21.2. The second-order valence-corrected chi connectivity index (χ2v) is 7.95. The lowest BCUT2D eigenvalue weighted by atomic mass is 10.1. The first-order valence-corrected chi connectivity index (χ1v) is 10.8. The Morgan fingerprint density at radius 3 is 2.58 bits per heavy atom. The van der Waals surface area contributed by atoms with Crippen LogP contribution in [0.15, 0.2) is 51.6 Å². The number of amides is 1. The van der Waals surface area contributed by atoms with Crippen molar-refractivity contribution in [2.45, 2.75) is 45.8 Å². The number of ether oxygens (including phenoxy) is 1. The molecular formula is C24H29N3O4. The minimum atomic E-state index is -0.106. The predicted molar refractivity (Wildman–Crippen MR) is 116 cm³/mol. The number of furan rings is 1. The zero-order valence-corrected chi connectivity index (χ0v) is 18.1. The number of hydrogen-bond acceptors (Lipinski definition) is 6.